The first kappa shape index (κ1) is 15.3. The van der Waals surface area contributed by atoms with Crippen molar-refractivity contribution in [1.29, 1.82) is 0 Å². The number of aromatic nitrogens is 5. The van der Waals surface area contributed by atoms with Crippen LogP contribution in [-0.4, -0.2) is 30.2 Å². The van der Waals surface area contributed by atoms with Gasteiger partial charge in [-0.25, -0.2) is 14.3 Å². The minimum atomic E-state index is -0.304. The number of nitrogens with one attached hydrogen (secondary N) is 2. The molecule has 0 unspecified atom stereocenters. The third kappa shape index (κ3) is 3.29. The summed E-state index contributed by atoms with van der Waals surface area (Å²) >= 11 is 1.30. The van der Waals surface area contributed by atoms with E-state index in [4.69, 9.17) is 0 Å². The van der Waals surface area contributed by atoms with E-state index >= 15 is 0 Å². The Morgan fingerprint density at radius 1 is 1.43 bits per heavy atom. The van der Waals surface area contributed by atoms with Crippen LogP contribution in [0.4, 0.5) is 10.5 Å². The van der Waals surface area contributed by atoms with Crippen LogP contribution in [0, 0.1) is 6.92 Å². The fraction of sp³-hybridized carbons (Fsp3) is 0.357. The minimum Gasteiger partial charge on any atom is -0.333 e. The summed E-state index contributed by atoms with van der Waals surface area (Å²) in [6.45, 7) is 6.30. The Kier molecular flexibility index (Phi) is 4.20. The lowest BCUT2D eigenvalue weighted by Crippen LogP contribution is -2.28. The van der Waals surface area contributed by atoms with Crippen LogP contribution in [0.3, 0.4) is 0 Å². The zero-order chi connectivity index (χ0) is 16.4. The first-order chi connectivity index (χ1) is 11.0. The molecule has 3 heterocycles. The van der Waals surface area contributed by atoms with Gasteiger partial charge >= 0.3 is 6.03 Å². The summed E-state index contributed by atoms with van der Waals surface area (Å²) in [5, 5.41) is 13.9. The van der Waals surface area contributed by atoms with Gasteiger partial charge in [0.25, 0.3) is 0 Å². The van der Waals surface area contributed by atoms with Crippen molar-refractivity contribution in [2.75, 3.05) is 5.32 Å². The Morgan fingerprint density at radius 3 is 3.04 bits per heavy atom. The summed E-state index contributed by atoms with van der Waals surface area (Å²) in [7, 11) is 0. The highest BCUT2D eigenvalue weighted by Crippen LogP contribution is 2.19. The average molecular weight is 331 g/mol. The summed E-state index contributed by atoms with van der Waals surface area (Å²) in [4.78, 5) is 17.4. The van der Waals surface area contributed by atoms with E-state index in [1.54, 1.807) is 29.8 Å². The van der Waals surface area contributed by atoms with E-state index in [1.165, 1.54) is 11.5 Å². The van der Waals surface area contributed by atoms with E-state index in [-0.39, 0.29) is 11.9 Å². The Labute approximate surface area is 137 Å². The molecule has 23 heavy (non-hydrogen) atoms. The van der Waals surface area contributed by atoms with E-state index in [0.29, 0.717) is 23.7 Å². The molecule has 120 valence electrons. The third-order valence-corrected chi connectivity index (χ3v) is 4.00. The number of amides is 2. The first-order valence-corrected chi connectivity index (χ1v) is 8.00. The molecule has 9 heteroatoms. The van der Waals surface area contributed by atoms with Crippen molar-refractivity contribution >= 4 is 28.9 Å². The SMILES string of the molecule is Cc1nc2c(NC(=O)NCc3snnc3C(C)C)cccn2n1. The number of urea groups is 1. The molecule has 0 aromatic carbocycles. The number of nitrogens with zero attached hydrogens (tertiary/aromatic N) is 5. The lowest BCUT2D eigenvalue weighted by atomic mass is 10.1. The van der Waals surface area contributed by atoms with Gasteiger partial charge in [0.1, 0.15) is 5.82 Å². The number of rotatable bonds is 4. The molecule has 8 nitrogen and oxygen atoms in total. The van der Waals surface area contributed by atoms with Gasteiger partial charge in [-0.1, -0.05) is 18.3 Å². The molecule has 2 amide bonds. The van der Waals surface area contributed by atoms with Crippen LogP contribution in [0.1, 0.15) is 36.2 Å². The van der Waals surface area contributed by atoms with E-state index in [0.717, 1.165) is 10.6 Å². The van der Waals surface area contributed by atoms with Gasteiger partial charge in [-0.2, -0.15) is 5.10 Å². The Balaban J connectivity index is 1.68. The van der Waals surface area contributed by atoms with Gasteiger partial charge in [0.2, 0.25) is 0 Å². The number of pyridine rings is 1. The van der Waals surface area contributed by atoms with Crippen LogP contribution in [0.25, 0.3) is 5.65 Å². The van der Waals surface area contributed by atoms with Gasteiger partial charge < -0.3 is 10.6 Å². The molecule has 0 aliphatic heterocycles. The molecule has 0 saturated heterocycles. The molecular formula is C14H17N7OS. The topological polar surface area (TPSA) is 97.1 Å². The van der Waals surface area contributed by atoms with Crippen molar-refractivity contribution < 1.29 is 4.79 Å². The predicted octanol–water partition coefficient (Wildman–Crippen LogP) is 2.33. The molecule has 0 aliphatic rings. The number of carbonyl (C=O) groups is 1. The second-order valence-electron chi connectivity index (χ2n) is 5.39. The number of aryl methyl sites for hydroxylation is 1. The molecule has 3 rings (SSSR count). The first-order valence-electron chi connectivity index (χ1n) is 7.22. The Hall–Kier alpha value is -2.55. The Morgan fingerprint density at radius 2 is 2.26 bits per heavy atom. The van der Waals surface area contributed by atoms with Crippen molar-refractivity contribution in [2.24, 2.45) is 0 Å². The number of fused-ring (bicyclic) bond motifs is 1. The highest BCUT2D eigenvalue weighted by Gasteiger charge is 2.13. The molecule has 0 fully saturated rings. The van der Waals surface area contributed by atoms with Crippen molar-refractivity contribution in [3.63, 3.8) is 0 Å². The summed E-state index contributed by atoms with van der Waals surface area (Å²) < 4.78 is 5.58. The lowest BCUT2D eigenvalue weighted by molar-refractivity contribution is 0.252. The normalized spacial score (nSPS) is 11.1. The Bertz CT molecular complexity index is 839. The highest BCUT2D eigenvalue weighted by molar-refractivity contribution is 7.05. The quantitative estimate of drug-likeness (QED) is 0.765. The second kappa shape index (κ2) is 6.29. The van der Waals surface area contributed by atoms with Gasteiger partial charge in [0.05, 0.1) is 22.8 Å². The molecular weight excluding hydrogens is 314 g/mol. The van der Waals surface area contributed by atoms with E-state index in [1.807, 2.05) is 0 Å². The molecule has 3 aromatic rings. The maximum atomic E-state index is 12.1. The lowest BCUT2D eigenvalue weighted by Gasteiger charge is -2.08. The molecule has 0 aliphatic carbocycles. The average Bonchev–Trinajstić information content (AvgIpc) is 3.11. The standard InChI is InChI=1S/C14H17N7OS/c1-8(2)12-11(23-20-18-12)7-15-14(22)17-10-5-4-6-21-13(10)16-9(3)19-21/h4-6,8H,7H2,1-3H3,(H2,15,17,22). The molecule has 3 aromatic heterocycles. The minimum absolute atomic E-state index is 0.279. The van der Waals surface area contributed by atoms with Crippen LogP contribution < -0.4 is 10.6 Å². The molecule has 0 bridgehead atoms. The van der Waals surface area contributed by atoms with Crippen molar-refractivity contribution in [1.82, 2.24) is 29.5 Å². The maximum absolute atomic E-state index is 12.1. The number of hydrogen-bond donors (Lipinski definition) is 2. The maximum Gasteiger partial charge on any atom is 0.319 e. The van der Waals surface area contributed by atoms with E-state index in [9.17, 15) is 4.79 Å². The van der Waals surface area contributed by atoms with Gasteiger partial charge in [-0.15, -0.1) is 5.10 Å². The molecule has 2 N–H and O–H groups in total. The second-order valence-corrected chi connectivity index (χ2v) is 6.23. The van der Waals surface area contributed by atoms with Crippen LogP contribution in [0.5, 0.6) is 0 Å². The van der Waals surface area contributed by atoms with Crippen molar-refractivity contribution in [2.45, 2.75) is 33.2 Å². The molecule has 0 spiro atoms. The summed E-state index contributed by atoms with van der Waals surface area (Å²) in [6, 6.07) is 3.29. The summed E-state index contributed by atoms with van der Waals surface area (Å²) in [5.74, 6) is 0.929. The van der Waals surface area contributed by atoms with Crippen molar-refractivity contribution in [3.05, 3.63) is 34.7 Å². The third-order valence-electron chi connectivity index (χ3n) is 3.26. The zero-order valence-electron chi connectivity index (χ0n) is 13.1. The van der Waals surface area contributed by atoms with Gasteiger partial charge in [0.15, 0.2) is 5.65 Å². The van der Waals surface area contributed by atoms with Crippen molar-refractivity contribution in [3.8, 4) is 0 Å². The smallest absolute Gasteiger partial charge is 0.319 e. The molecule has 0 radical (unpaired) electrons. The summed E-state index contributed by atoms with van der Waals surface area (Å²) in [5.41, 5.74) is 2.14. The number of anilines is 1. The van der Waals surface area contributed by atoms with E-state index < -0.39 is 0 Å². The molecule has 0 atom stereocenters. The fourth-order valence-electron chi connectivity index (χ4n) is 2.21. The van der Waals surface area contributed by atoms with E-state index in [2.05, 4.69) is 44.2 Å². The zero-order valence-corrected chi connectivity index (χ0v) is 13.9. The van der Waals surface area contributed by atoms with Gasteiger partial charge in [-0.05, 0) is 36.5 Å². The van der Waals surface area contributed by atoms with Crippen LogP contribution in [0.2, 0.25) is 0 Å². The number of carbonyl (C=O) groups excluding carboxylic acids is 1. The van der Waals surface area contributed by atoms with Crippen LogP contribution >= 0.6 is 11.5 Å². The summed E-state index contributed by atoms with van der Waals surface area (Å²) in [6.07, 6.45) is 1.79. The van der Waals surface area contributed by atoms with Gasteiger partial charge in [-0.3, -0.25) is 0 Å². The number of hydrogen-bond acceptors (Lipinski definition) is 6. The van der Waals surface area contributed by atoms with Crippen LogP contribution in [0.15, 0.2) is 18.3 Å². The highest BCUT2D eigenvalue weighted by atomic mass is 32.1. The largest absolute Gasteiger partial charge is 0.333 e. The monoisotopic (exact) mass is 331 g/mol. The molecule has 0 saturated carbocycles. The predicted molar refractivity (Wildman–Crippen MR) is 87.6 cm³/mol. The van der Waals surface area contributed by atoms with Crippen LogP contribution in [-0.2, 0) is 6.54 Å². The van der Waals surface area contributed by atoms with Gasteiger partial charge in [0, 0.05) is 6.20 Å². The fourth-order valence-corrected chi connectivity index (χ4v) is 2.95.